The average Bonchev–Trinajstić information content (AvgIpc) is 3.43. The molecule has 2 unspecified atom stereocenters. The van der Waals surface area contributed by atoms with Crippen molar-refractivity contribution >= 4 is 23.5 Å². The van der Waals surface area contributed by atoms with Crippen molar-refractivity contribution in [3.8, 4) is 11.5 Å². The van der Waals surface area contributed by atoms with E-state index in [1.54, 1.807) is 11.0 Å². The summed E-state index contributed by atoms with van der Waals surface area (Å²) in [6, 6.07) is 2.97. The van der Waals surface area contributed by atoms with E-state index in [1.165, 1.54) is 31.6 Å². The molecular formula is C30H28F5N7O3. The van der Waals surface area contributed by atoms with Gasteiger partial charge in [0.1, 0.15) is 23.7 Å². The minimum atomic E-state index is -1.77. The number of nitrogens with two attached hydrogens (primary N) is 1. The standard InChI is InChI=1S/C30H28F5N7O3/c1-37-22(43)3-2-8-39-30(44)42-10-7-15(13-42)17-6-9-38-27(23-26(17)40-14-41-29(23)36)18-5-4-16(11-19(18)31)45-28-24(34)20(32)12-21(33)25(28)35/h2-5,11-12,14-15,17H,6-10,13H2,1H3,(H,37,43)(H,39,44)(H2,36,40,41)/b3-2+. The number of aromatic nitrogens is 2. The van der Waals surface area contributed by atoms with Gasteiger partial charge in [0.05, 0.1) is 17.0 Å². The van der Waals surface area contributed by atoms with Crippen molar-refractivity contribution in [2.75, 3.05) is 39.0 Å². The van der Waals surface area contributed by atoms with Gasteiger partial charge >= 0.3 is 6.03 Å². The highest BCUT2D eigenvalue weighted by Crippen LogP contribution is 2.39. The Balaban J connectivity index is 1.36. The Labute approximate surface area is 254 Å². The molecule has 2 aliphatic rings. The third-order valence-corrected chi connectivity index (χ3v) is 7.66. The minimum absolute atomic E-state index is 0.0168. The molecule has 5 rings (SSSR count). The van der Waals surface area contributed by atoms with Crippen molar-refractivity contribution in [1.82, 2.24) is 25.5 Å². The van der Waals surface area contributed by atoms with E-state index >= 15 is 4.39 Å². The second-order valence-corrected chi connectivity index (χ2v) is 10.4. The van der Waals surface area contributed by atoms with E-state index in [9.17, 15) is 27.2 Å². The number of hydrogen-bond donors (Lipinski definition) is 3. The summed E-state index contributed by atoms with van der Waals surface area (Å²) in [5.74, 6) is -9.99. The number of carbonyl (C=O) groups excluding carboxylic acids is 2. The molecule has 0 saturated carbocycles. The highest BCUT2D eigenvalue weighted by atomic mass is 19.2. The lowest BCUT2D eigenvalue weighted by Crippen LogP contribution is -2.39. The van der Waals surface area contributed by atoms with Gasteiger partial charge in [0, 0.05) is 62.9 Å². The van der Waals surface area contributed by atoms with Crippen molar-refractivity contribution in [3.05, 3.63) is 88.7 Å². The number of benzene rings is 2. The summed E-state index contributed by atoms with van der Waals surface area (Å²) in [5, 5.41) is 5.21. The number of nitrogen functional groups attached to an aromatic ring is 1. The number of amides is 3. The number of fused-ring (bicyclic) bond motifs is 1. The molecule has 2 aromatic carbocycles. The van der Waals surface area contributed by atoms with Crippen molar-refractivity contribution < 1.29 is 36.3 Å². The van der Waals surface area contributed by atoms with Gasteiger partial charge in [-0.1, -0.05) is 6.08 Å². The van der Waals surface area contributed by atoms with Gasteiger partial charge in [-0.2, -0.15) is 8.78 Å². The van der Waals surface area contributed by atoms with Gasteiger partial charge in [-0.3, -0.25) is 9.79 Å². The molecule has 0 bridgehead atoms. The van der Waals surface area contributed by atoms with E-state index in [0.717, 1.165) is 6.07 Å². The van der Waals surface area contributed by atoms with Crippen molar-refractivity contribution in [1.29, 1.82) is 0 Å². The Morgan fingerprint density at radius 3 is 2.53 bits per heavy atom. The van der Waals surface area contributed by atoms with Crippen LogP contribution < -0.4 is 21.1 Å². The van der Waals surface area contributed by atoms with Crippen LogP contribution in [0.15, 0.2) is 47.7 Å². The fourth-order valence-electron chi connectivity index (χ4n) is 5.46. The lowest BCUT2D eigenvalue weighted by Gasteiger charge is -2.24. The molecule has 1 aromatic heterocycles. The molecule has 15 heteroatoms. The zero-order chi connectivity index (χ0) is 32.2. The zero-order valence-corrected chi connectivity index (χ0v) is 23.9. The van der Waals surface area contributed by atoms with Crippen LogP contribution in [0.3, 0.4) is 0 Å². The molecule has 3 heterocycles. The second-order valence-electron chi connectivity index (χ2n) is 10.4. The maximum Gasteiger partial charge on any atom is 0.317 e. The number of carbonyl (C=O) groups is 2. The first kappa shape index (κ1) is 31.3. The first-order chi connectivity index (χ1) is 21.6. The van der Waals surface area contributed by atoms with Gasteiger partial charge in [0.15, 0.2) is 11.6 Å². The Bertz CT molecular complexity index is 1670. The summed E-state index contributed by atoms with van der Waals surface area (Å²) in [7, 11) is 1.50. The molecule has 2 aliphatic heterocycles. The monoisotopic (exact) mass is 629 g/mol. The molecule has 4 N–H and O–H groups in total. The summed E-state index contributed by atoms with van der Waals surface area (Å²) in [6.07, 6.45) is 5.36. The van der Waals surface area contributed by atoms with Crippen LogP contribution in [0.2, 0.25) is 0 Å². The van der Waals surface area contributed by atoms with Gasteiger partial charge in [-0.25, -0.2) is 27.9 Å². The number of likely N-dealkylation sites (N-methyl/N-ethyl adjacent to an activating group) is 1. The van der Waals surface area contributed by atoms with E-state index in [2.05, 4.69) is 25.6 Å². The van der Waals surface area contributed by atoms with Gasteiger partial charge in [-0.05, 0) is 30.9 Å². The number of aliphatic imine (C=N–C) groups is 1. The molecular weight excluding hydrogens is 601 g/mol. The normalized spacial score (nSPS) is 17.9. The lowest BCUT2D eigenvalue weighted by atomic mass is 9.83. The van der Waals surface area contributed by atoms with Crippen LogP contribution in [0.1, 0.15) is 35.6 Å². The summed E-state index contributed by atoms with van der Waals surface area (Å²) in [4.78, 5) is 38.9. The predicted octanol–water partition coefficient (Wildman–Crippen LogP) is 4.21. The number of halogens is 5. The van der Waals surface area contributed by atoms with Crippen LogP contribution in [0, 0.1) is 35.0 Å². The molecule has 0 radical (unpaired) electrons. The Morgan fingerprint density at radius 1 is 1.07 bits per heavy atom. The number of nitrogens with one attached hydrogen (secondary N) is 2. The summed E-state index contributed by atoms with van der Waals surface area (Å²) in [6.45, 7) is 1.35. The third kappa shape index (κ3) is 6.56. The lowest BCUT2D eigenvalue weighted by molar-refractivity contribution is -0.116. The van der Waals surface area contributed by atoms with E-state index in [-0.39, 0.29) is 60.0 Å². The molecule has 0 aliphatic carbocycles. The molecule has 1 fully saturated rings. The van der Waals surface area contributed by atoms with E-state index in [1.807, 2.05) is 0 Å². The minimum Gasteiger partial charge on any atom is -0.451 e. The van der Waals surface area contributed by atoms with Gasteiger partial charge < -0.3 is 26.0 Å². The van der Waals surface area contributed by atoms with Crippen LogP contribution in [-0.4, -0.2) is 65.7 Å². The largest absolute Gasteiger partial charge is 0.451 e. The Hall–Kier alpha value is -5.08. The number of urea groups is 1. The van der Waals surface area contributed by atoms with Crippen LogP contribution >= 0.6 is 0 Å². The van der Waals surface area contributed by atoms with Crippen LogP contribution in [0.25, 0.3) is 0 Å². The van der Waals surface area contributed by atoms with Crippen molar-refractivity contribution in [2.45, 2.75) is 18.8 Å². The van der Waals surface area contributed by atoms with Gasteiger partial charge in [0.25, 0.3) is 0 Å². The summed E-state index contributed by atoms with van der Waals surface area (Å²) < 4.78 is 76.0. The average molecular weight is 630 g/mol. The second kappa shape index (κ2) is 13.3. The van der Waals surface area contributed by atoms with E-state index < -0.39 is 40.6 Å². The first-order valence-corrected chi connectivity index (χ1v) is 14.0. The number of ether oxygens (including phenoxy) is 1. The van der Waals surface area contributed by atoms with Gasteiger partial charge in [-0.15, -0.1) is 0 Å². The smallest absolute Gasteiger partial charge is 0.317 e. The number of likely N-dealkylation sites (tertiary alicyclic amines) is 1. The molecule has 0 spiro atoms. The SMILES string of the molecule is CNC(=O)/C=C/CNC(=O)N1CCC(C2CCN=C(c3ccc(Oc4c(F)c(F)cc(F)c4F)cc3F)c3c(N)ncnc32)C1. The maximum absolute atomic E-state index is 15.5. The Kier molecular flexibility index (Phi) is 9.25. The number of hydrogen-bond acceptors (Lipinski definition) is 7. The van der Waals surface area contributed by atoms with Gasteiger partial charge in [0.2, 0.25) is 23.3 Å². The van der Waals surface area contributed by atoms with Crippen LogP contribution in [0.5, 0.6) is 11.5 Å². The fourth-order valence-corrected chi connectivity index (χ4v) is 5.46. The topological polar surface area (TPSA) is 135 Å². The highest BCUT2D eigenvalue weighted by Gasteiger charge is 2.37. The third-order valence-electron chi connectivity index (χ3n) is 7.66. The zero-order valence-electron chi connectivity index (χ0n) is 23.9. The van der Waals surface area contributed by atoms with E-state index in [4.69, 9.17) is 10.5 Å². The quantitative estimate of drug-likeness (QED) is 0.204. The number of anilines is 1. The number of rotatable bonds is 7. The molecule has 10 nitrogen and oxygen atoms in total. The predicted molar refractivity (Wildman–Crippen MR) is 153 cm³/mol. The van der Waals surface area contributed by atoms with Crippen LogP contribution in [-0.2, 0) is 4.79 Å². The number of nitrogens with zero attached hydrogens (tertiary/aromatic N) is 4. The maximum atomic E-state index is 15.5. The molecule has 2 atom stereocenters. The van der Waals surface area contributed by atoms with Crippen molar-refractivity contribution in [2.24, 2.45) is 10.9 Å². The van der Waals surface area contributed by atoms with E-state index in [0.29, 0.717) is 37.2 Å². The molecule has 236 valence electrons. The summed E-state index contributed by atoms with van der Waals surface area (Å²) >= 11 is 0. The fraction of sp³-hybridized carbons (Fsp3) is 0.300. The molecule has 1 saturated heterocycles. The summed E-state index contributed by atoms with van der Waals surface area (Å²) in [5.41, 5.74) is 7.25. The Morgan fingerprint density at radius 2 is 1.82 bits per heavy atom. The highest BCUT2D eigenvalue weighted by molar-refractivity contribution is 6.16. The van der Waals surface area contributed by atoms with Crippen LogP contribution in [0.4, 0.5) is 32.6 Å². The molecule has 45 heavy (non-hydrogen) atoms. The molecule has 3 aromatic rings. The van der Waals surface area contributed by atoms with Crippen molar-refractivity contribution in [3.63, 3.8) is 0 Å². The molecule has 3 amide bonds. The first-order valence-electron chi connectivity index (χ1n) is 14.0.